The summed E-state index contributed by atoms with van der Waals surface area (Å²) in [7, 11) is 0. The number of hydrogen-bond acceptors (Lipinski definition) is 7. The maximum atomic E-state index is 5.83. The number of benzene rings is 1. The van der Waals surface area contributed by atoms with Gasteiger partial charge in [-0.1, -0.05) is 18.2 Å². The number of aromatic nitrogens is 5. The third kappa shape index (κ3) is 2.34. The van der Waals surface area contributed by atoms with E-state index in [1.54, 1.807) is 6.07 Å². The highest BCUT2D eigenvalue weighted by Gasteiger charge is 2.10. The molecule has 0 saturated carbocycles. The standard InChI is InChI=1S/C12H12N8/c13-10-15-7-6-9(17-10)20-11(14)18-12(19-20)16-8-4-2-1-3-5-8/h1-7H,(H2,13,15,17)(H3,14,16,18,19). The van der Waals surface area contributed by atoms with Gasteiger partial charge in [0.25, 0.3) is 0 Å². The Morgan fingerprint density at radius 2 is 1.80 bits per heavy atom. The molecule has 0 unspecified atom stereocenters. The molecule has 1 aromatic carbocycles. The number of nitrogens with zero attached hydrogens (tertiary/aromatic N) is 5. The molecule has 0 aliphatic heterocycles. The Kier molecular flexibility index (Phi) is 2.88. The Balaban J connectivity index is 1.91. The van der Waals surface area contributed by atoms with E-state index in [2.05, 4.69) is 25.4 Å². The van der Waals surface area contributed by atoms with E-state index in [0.29, 0.717) is 11.8 Å². The zero-order valence-corrected chi connectivity index (χ0v) is 10.4. The molecule has 0 atom stereocenters. The van der Waals surface area contributed by atoms with Gasteiger partial charge in [-0.3, -0.25) is 0 Å². The molecule has 5 N–H and O–H groups in total. The summed E-state index contributed by atoms with van der Waals surface area (Å²) >= 11 is 0. The van der Waals surface area contributed by atoms with Crippen molar-refractivity contribution in [2.75, 3.05) is 16.8 Å². The summed E-state index contributed by atoms with van der Waals surface area (Å²) in [4.78, 5) is 12.0. The first-order chi connectivity index (χ1) is 9.72. The lowest BCUT2D eigenvalue weighted by Gasteiger charge is -2.01. The van der Waals surface area contributed by atoms with Crippen molar-refractivity contribution in [1.82, 2.24) is 24.7 Å². The number of nitrogen functional groups attached to an aromatic ring is 2. The van der Waals surface area contributed by atoms with Crippen molar-refractivity contribution in [3.63, 3.8) is 0 Å². The van der Waals surface area contributed by atoms with Crippen LogP contribution in [0.25, 0.3) is 5.82 Å². The second kappa shape index (κ2) is 4.84. The first-order valence-electron chi connectivity index (χ1n) is 5.86. The van der Waals surface area contributed by atoms with Crippen molar-refractivity contribution >= 4 is 23.5 Å². The van der Waals surface area contributed by atoms with Crippen LogP contribution in [-0.4, -0.2) is 24.7 Å². The first-order valence-corrected chi connectivity index (χ1v) is 5.86. The van der Waals surface area contributed by atoms with Gasteiger partial charge in [0, 0.05) is 18.0 Å². The molecule has 0 amide bonds. The van der Waals surface area contributed by atoms with E-state index in [1.807, 2.05) is 30.3 Å². The molecule has 0 fully saturated rings. The second-order valence-corrected chi connectivity index (χ2v) is 3.97. The highest BCUT2D eigenvalue weighted by molar-refractivity contribution is 5.54. The van der Waals surface area contributed by atoms with Crippen LogP contribution in [0.2, 0.25) is 0 Å². The van der Waals surface area contributed by atoms with Gasteiger partial charge in [-0.25, -0.2) is 4.98 Å². The van der Waals surface area contributed by atoms with Crippen molar-refractivity contribution in [2.24, 2.45) is 0 Å². The number of anilines is 4. The fourth-order valence-electron chi connectivity index (χ4n) is 1.68. The molecule has 2 heterocycles. The maximum absolute atomic E-state index is 5.83. The molecular weight excluding hydrogens is 256 g/mol. The summed E-state index contributed by atoms with van der Waals surface area (Å²) in [5, 5.41) is 7.29. The molecule has 0 spiro atoms. The normalized spacial score (nSPS) is 10.4. The SMILES string of the molecule is Nc1nccc(-n2nc(Nc3ccccc3)nc2N)n1. The molecule has 0 aliphatic rings. The van der Waals surface area contributed by atoms with Gasteiger partial charge in [-0.2, -0.15) is 14.6 Å². The van der Waals surface area contributed by atoms with Gasteiger partial charge in [0.05, 0.1) is 0 Å². The summed E-state index contributed by atoms with van der Waals surface area (Å²) in [6, 6.07) is 11.2. The van der Waals surface area contributed by atoms with Crippen LogP contribution in [0, 0.1) is 0 Å². The molecule has 0 radical (unpaired) electrons. The van der Waals surface area contributed by atoms with E-state index in [-0.39, 0.29) is 11.9 Å². The smallest absolute Gasteiger partial charge is 0.248 e. The highest BCUT2D eigenvalue weighted by Crippen LogP contribution is 2.16. The minimum Gasteiger partial charge on any atom is -0.368 e. The summed E-state index contributed by atoms with van der Waals surface area (Å²) in [6.45, 7) is 0. The zero-order valence-electron chi connectivity index (χ0n) is 10.4. The highest BCUT2D eigenvalue weighted by atomic mass is 15.4. The third-order valence-electron chi connectivity index (χ3n) is 2.54. The van der Waals surface area contributed by atoms with E-state index < -0.39 is 0 Å². The lowest BCUT2D eigenvalue weighted by molar-refractivity contribution is 0.855. The van der Waals surface area contributed by atoms with E-state index in [9.17, 15) is 0 Å². The van der Waals surface area contributed by atoms with Gasteiger partial charge in [0.15, 0.2) is 5.82 Å². The molecule has 20 heavy (non-hydrogen) atoms. The van der Waals surface area contributed by atoms with Crippen molar-refractivity contribution in [2.45, 2.75) is 0 Å². The Bertz CT molecular complexity index is 721. The zero-order chi connectivity index (χ0) is 13.9. The van der Waals surface area contributed by atoms with Crippen LogP contribution in [-0.2, 0) is 0 Å². The van der Waals surface area contributed by atoms with Crippen molar-refractivity contribution in [1.29, 1.82) is 0 Å². The van der Waals surface area contributed by atoms with Crippen molar-refractivity contribution < 1.29 is 0 Å². The monoisotopic (exact) mass is 268 g/mol. The summed E-state index contributed by atoms with van der Waals surface area (Å²) in [5.74, 6) is 1.20. The number of hydrogen-bond donors (Lipinski definition) is 3. The predicted molar refractivity (Wildman–Crippen MR) is 75.5 cm³/mol. The van der Waals surface area contributed by atoms with E-state index in [1.165, 1.54) is 10.9 Å². The fraction of sp³-hybridized carbons (Fsp3) is 0. The number of para-hydroxylation sites is 1. The Labute approximate surface area is 114 Å². The van der Waals surface area contributed by atoms with Crippen LogP contribution in [0.5, 0.6) is 0 Å². The molecule has 100 valence electrons. The van der Waals surface area contributed by atoms with E-state index in [0.717, 1.165) is 5.69 Å². The summed E-state index contributed by atoms with van der Waals surface area (Å²) in [6.07, 6.45) is 1.53. The molecule has 3 aromatic rings. The maximum Gasteiger partial charge on any atom is 0.248 e. The fourth-order valence-corrected chi connectivity index (χ4v) is 1.68. The topological polar surface area (TPSA) is 121 Å². The lowest BCUT2D eigenvalue weighted by atomic mass is 10.3. The van der Waals surface area contributed by atoms with Gasteiger partial charge < -0.3 is 16.8 Å². The van der Waals surface area contributed by atoms with Crippen LogP contribution >= 0.6 is 0 Å². The largest absolute Gasteiger partial charge is 0.368 e. The van der Waals surface area contributed by atoms with Crippen molar-refractivity contribution in [3.05, 3.63) is 42.6 Å². The van der Waals surface area contributed by atoms with Gasteiger partial charge in [-0.15, -0.1) is 5.10 Å². The molecular formula is C12H12N8. The van der Waals surface area contributed by atoms with Crippen LogP contribution in [0.4, 0.5) is 23.5 Å². The molecule has 0 bridgehead atoms. The Morgan fingerprint density at radius 3 is 2.55 bits per heavy atom. The van der Waals surface area contributed by atoms with Crippen LogP contribution in [0.1, 0.15) is 0 Å². The van der Waals surface area contributed by atoms with Crippen LogP contribution in [0.3, 0.4) is 0 Å². The van der Waals surface area contributed by atoms with Crippen LogP contribution < -0.4 is 16.8 Å². The van der Waals surface area contributed by atoms with Crippen LogP contribution in [0.15, 0.2) is 42.6 Å². The number of rotatable bonds is 3. The minimum atomic E-state index is 0.148. The Hall–Kier alpha value is -3.16. The summed E-state index contributed by atoms with van der Waals surface area (Å²) < 4.78 is 1.39. The van der Waals surface area contributed by atoms with Crippen molar-refractivity contribution in [3.8, 4) is 5.82 Å². The molecule has 3 rings (SSSR count). The first kappa shape index (κ1) is 11.9. The van der Waals surface area contributed by atoms with Gasteiger partial charge >= 0.3 is 0 Å². The average molecular weight is 268 g/mol. The second-order valence-electron chi connectivity index (χ2n) is 3.97. The van der Waals surface area contributed by atoms with Gasteiger partial charge in [0.1, 0.15) is 0 Å². The van der Waals surface area contributed by atoms with Gasteiger partial charge in [0.2, 0.25) is 17.8 Å². The van der Waals surface area contributed by atoms with E-state index in [4.69, 9.17) is 11.5 Å². The summed E-state index contributed by atoms with van der Waals surface area (Å²) in [5.41, 5.74) is 12.2. The average Bonchev–Trinajstić information content (AvgIpc) is 2.81. The quantitative estimate of drug-likeness (QED) is 0.647. The molecule has 0 aliphatic carbocycles. The third-order valence-corrected chi connectivity index (χ3v) is 2.54. The minimum absolute atomic E-state index is 0.148. The number of nitrogens with one attached hydrogen (secondary N) is 1. The number of nitrogens with two attached hydrogens (primary N) is 2. The molecule has 0 saturated heterocycles. The van der Waals surface area contributed by atoms with E-state index >= 15 is 0 Å². The molecule has 8 nitrogen and oxygen atoms in total. The lowest BCUT2D eigenvalue weighted by Crippen LogP contribution is -2.06. The predicted octanol–water partition coefficient (Wildman–Crippen LogP) is 0.965. The molecule has 2 aromatic heterocycles. The molecule has 8 heteroatoms. The van der Waals surface area contributed by atoms with Gasteiger partial charge in [-0.05, 0) is 12.1 Å². The Morgan fingerprint density at radius 1 is 1.00 bits per heavy atom.